The molecular formula is C11H23N3O. The van der Waals surface area contributed by atoms with Crippen LogP contribution in [0.25, 0.3) is 0 Å². The highest BCUT2D eigenvalue weighted by atomic mass is 16.5. The minimum Gasteiger partial charge on any atom is -0.351 e. The van der Waals surface area contributed by atoms with Crippen LogP contribution in [0.1, 0.15) is 26.2 Å². The molecule has 2 fully saturated rings. The average molecular weight is 213 g/mol. The predicted molar refractivity (Wildman–Crippen MR) is 60.6 cm³/mol. The summed E-state index contributed by atoms with van der Waals surface area (Å²) in [5.41, 5.74) is 0. The summed E-state index contributed by atoms with van der Waals surface area (Å²) in [6, 6.07) is 1.94. The molecule has 0 bridgehead atoms. The van der Waals surface area contributed by atoms with Crippen LogP contribution in [0.2, 0.25) is 0 Å². The van der Waals surface area contributed by atoms with Gasteiger partial charge in [0.15, 0.2) is 0 Å². The van der Waals surface area contributed by atoms with Crippen molar-refractivity contribution in [1.29, 1.82) is 0 Å². The Morgan fingerprint density at radius 1 is 1.47 bits per heavy atom. The summed E-state index contributed by atoms with van der Waals surface area (Å²) in [4.78, 5) is 2.34. The van der Waals surface area contributed by atoms with E-state index in [1.807, 2.05) is 0 Å². The van der Waals surface area contributed by atoms with Crippen LogP contribution in [0.15, 0.2) is 0 Å². The lowest BCUT2D eigenvalue weighted by molar-refractivity contribution is 0.0364. The fourth-order valence-corrected chi connectivity index (χ4v) is 2.80. The minimum atomic E-state index is 0.618. The summed E-state index contributed by atoms with van der Waals surface area (Å²) in [5, 5.41) is 7.05. The normalized spacial score (nSPS) is 38.4. The largest absolute Gasteiger partial charge is 0.351 e. The Morgan fingerprint density at radius 3 is 3.13 bits per heavy atom. The Hall–Kier alpha value is -0.160. The standard InChI is InChI=1S/C11H23N3O/c1-3-12-9-4-5-10-11(6-9)14(2)8-15-7-13-10/h9-13H,3-8H2,1-2H3. The molecule has 3 atom stereocenters. The summed E-state index contributed by atoms with van der Waals surface area (Å²) in [7, 11) is 2.17. The molecule has 0 aromatic heterocycles. The third kappa shape index (κ3) is 2.69. The van der Waals surface area contributed by atoms with Gasteiger partial charge in [-0.05, 0) is 32.9 Å². The number of nitrogens with one attached hydrogen (secondary N) is 2. The zero-order chi connectivity index (χ0) is 10.7. The van der Waals surface area contributed by atoms with Crippen LogP contribution in [0.4, 0.5) is 0 Å². The lowest BCUT2D eigenvalue weighted by Gasteiger charge is -2.39. The first-order valence-corrected chi connectivity index (χ1v) is 6.06. The van der Waals surface area contributed by atoms with Crippen LogP contribution in [0.5, 0.6) is 0 Å². The maximum Gasteiger partial charge on any atom is 0.101 e. The topological polar surface area (TPSA) is 36.5 Å². The van der Waals surface area contributed by atoms with E-state index in [0.717, 1.165) is 13.3 Å². The van der Waals surface area contributed by atoms with Crippen LogP contribution < -0.4 is 10.6 Å². The van der Waals surface area contributed by atoms with Gasteiger partial charge >= 0.3 is 0 Å². The van der Waals surface area contributed by atoms with Crippen LogP contribution in [-0.2, 0) is 4.74 Å². The third-order valence-electron chi connectivity index (χ3n) is 3.62. The third-order valence-corrected chi connectivity index (χ3v) is 3.62. The summed E-state index contributed by atoms with van der Waals surface area (Å²) >= 11 is 0. The van der Waals surface area contributed by atoms with Gasteiger partial charge in [0.05, 0.1) is 6.73 Å². The van der Waals surface area contributed by atoms with Crippen molar-refractivity contribution in [2.45, 2.75) is 44.3 Å². The molecule has 0 aromatic rings. The van der Waals surface area contributed by atoms with Crippen molar-refractivity contribution >= 4 is 0 Å². The van der Waals surface area contributed by atoms with E-state index in [2.05, 4.69) is 29.5 Å². The lowest BCUT2D eigenvalue weighted by atomic mass is 9.86. The van der Waals surface area contributed by atoms with E-state index in [0.29, 0.717) is 24.9 Å². The highest BCUT2D eigenvalue weighted by Gasteiger charge is 2.33. The molecule has 0 aromatic carbocycles. The van der Waals surface area contributed by atoms with Crippen molar-refractivity contribution in [2.24, 2.45) is 0 Å². The molecule has 0 amide bonds. The summed E-state index contributed by atoms with van der Waals surface area (Å²) in [5.74, 6) is 0. The van der Waals surface area contributed by atoms with Gasteiger partial charge in [0.2, 0.25) is 0 Å². The zero-order valence-corrected chi connectivity index (χ0v) is 9.83. The first kappa shape index (κ1) is 11.3. The SMILES string of the molecule is CCNC1CCC2NCOCN(C)C2C1. The van der Waals surface area contributed by atoms with Crippen molar-refractivity contribution in [2.75, 3.05) is 27.1 Å². The highest BCUT2D eigenvalue weighted by Crippen LogP contribution is 2.24. The highest BCUT2D eigenvalue weighted by molar-refractivity contribution is 4.92. The van der Waals surface area contributed by atoms with Gasteiger partial charge in [-0.1, -0.05) is 6.92 Å². The van der Waals surface area contributed by atoms with E-state index in [-0.39, 0.29) is 0 Å². The maximum atomic E-state index is 5.49. The Bertz CT molecular complexity index is 200. The molecule has 1 saturated heterocycles. The van der Waals surface area contributed by atoms with Gasteiger partial charge in [-0.3, -0.25) is 10.2 Å². The first-order chi connectivity index (χ1) is 7.31. The Labute approximate surface area is 92.4 Å². The van der Waals surface area contributed by atoms with Crippen molar-refractivity contribution in [3.05, 3.63) is 0 Å². The predicted octanol–water partition coefficient (Wildman–Crippen LogP) is 0.352. The minimum absolute atomic E-state index is 0.618. The van der Waals surface area contributed by atoms with Crippen LogP contribution in [0.3, 0.4) is 0 Å². The molecule has 2 rings (SSSR count). The molecule has 2 aliphatic rings. The van der Waals surface area contributed by atoms with E-state index < -0.39 is 0 Å². The van der Waals surface area contributed by atoms with E-state index in [1.54, 1.807) is 0 Å². The molecule has 4 heteroatoms. The molecule has 1 aliphatic carbocycles. The van der Waals surface area contributed by atoms with E-state index in [1.165, 1.54) is 19.3 Å². The second kappa shape index (κ2) is 5.25. The molecular weight excluding hydrogens is 190 g/mol. The summed E-state index contributed by atoms with van der Waals surface area (Å²) in [6.07, 6.45) is 3.79. The Morgan fingerprint density at radius 2 is 2.33 bits per heavy atom. The molecule has 0 spiro atoms. The average Bonchev–Trinajstić information content (AvgIpc) is 2.42. The number of hydrogen-bond donors (Lipinski definition) is 2. The molecule has 4 nitrogen and oxygen atoms in total. The van der Waals surface area contributed by atoms with Gasteiger partial charge in [-0.15, -0.1) is 0 Å². The zero-order valence-electron chi connectivity index (χ0n) is 9.83. The van der Waals surface area contributed by atoms with Crippen molar-refractivity contribution in [3.63, 3.8) is 0 Å². The van der Waals surface area contributed by atoms with Gasteiger partial charge < -0.3 is 10.1 Å². The molecule has 2 N–H and O–H groups in total. The maximum absolute atomic E-state index is 5.49. The molecule has 15 heavy (non-hydrogen) atoms. The van der Waals surface area contributed by atoms with Crippen molar-refractivity contribution in [3.8, 4) is 0 Å². The Kier molecular flexibility index (Phi) is 3.97. The molecule has 1 aliphatic heterocycles. The number of hydrogen-bond acceptors (Lipinski definition) is 4. The molecule has 1 heterocycles. The van der Waals surface area contributed by atoms with Crippen LogP contribution >= 0.6 is 0 Å². The van der Waals surface area contributed by atoms with Gasteiger partial charge in [0.1, 0.15) is 6.73 Å². The molecule has 1 saturated carbocycles. The number of nitrogens with zero attached hydrogens (tertiary/aromatic N) is 1. The monoisotopic (exact) mass is 213 g/mol. The fourth-order valence-electron chi connectivity index (χ4n) is 2.80. The molecule has 88 valence electrons. The number of ether oxygens (including phenoxy) is 1. The van der Waals surface area contributed by atoms with Crippen LogP contribution in [0, 0.1) is 0 Å². The quantitative estimate of drug-likeness (QED) is 0.694. The van der Waals surface area contributed by atoms with Crippen LogP contribution in [-0.4, -0.2) is 50.1 Å². The molecule has 3 unspecified atom stereocenters. The van der Waals surface area contributed by atoms with Gasteiger partial charge in [0, 0.05) is 18.1 Å². The first-order valence-electron chi connectivity index (χ1n) is 6.06. The fraction of sp³-hybridized carbons (Fsp3) is 1.00. The molecule has 0 radical (unpaired) electrons. The van der Waals surface area contributed by atoms with Crippen molar-refractivity contribution < 1.29 is 4.74 Å². The van der Waals surface area contributed by atoms with Gasteiger partial charge in [-0.2, -0.15) is 0 Å². The summed E-state index contributed by atoms with van der Waals surface area (Å²) < 4.78 is 5.49. The second-order valence-corrected chi connectivity index (χ2v) is 4.68. The lowest BCUT2D eigenvalue weighted by Crippen LogP contribution is -2.53. The van der Waals surface area contributed by atoms with Gasteiger partial charge in [0.25, 0.3) is 0 Å². The van der Waals surface area contributed by atoms with Gasteiger partial charge in [-0.25, -0.2) is 0 Å². The van der Waals surface area contributed by atoms with Crippen molar-refractivity contribution in [1.82, 2.24) is 15.5 Å². The number of likely N-dealkylation sites (N-methyl/N-ethyl adjacent to an activating group) is 1. The van der Waals surface area contributed by atoms with E-state index in [4.69, 9.17) is 4.74 Å². The van der Waals surface area contributed by atoms with E-state index >= 15 is 0 Å². The van der Waals surface area contributed by atoms with E-state index in [9.17, 15) is 0 Å². The number of fused-ring (bicyclic) bond motifs is 1. The number of rotatable bonds is 2. The summed E-state index contributed by atoms with van der Waals surface area (Å²) in [6.45, 7) is 4.73. The smallest absolute Gasteiger partial charge is 0.101 e. The Balaban J connectivity index is 1.95. The second-order valence-electron chi connectivity index (χ2n) is 4.68.